The summed E-state index contributed by atoms with van der Waals surface area (Å²) in [6, 6.07) is 0.596. The zero-order chi connectivity index (χ0) is 11.9. The number of alkyl halides is 2. The molecule has 0 spiro atoms. The second-order valence-corrected chi connectivity index (χ2v) is 6.28. The summed E-state index contributed by atoms with van der Waals surface area (Å²) >= 11 is 11.3. The first-order valence-electron chi connectivity index (χ1n) is 6.22. The van der Waals surface area contributed by atoms with Crippen molar-refractivity contribution in [3.8, 4) is 0 Å². The number of allylic oxidation sites excluding steroid dienone is 1. The molecule has 0 heterocycles. The first kappa shape index (κ1) is 12.3. The van der Waals surface area contributed by atoms with Gasteiger partial charge in [-0.05, 0) is 37.0 Å². The molecule has 0 saturated heterocycles. The predicted molar refractivity (Wildman–Crippen MR) is 68.3 cm³/mol. The summed E-state index contributed by atoms with van der Waals surface area (Å²) < 4.78 is 11.0. The molecular weight excluding hydrogens is 259 g/mol. The van der Waals surface area contributed by atoms with Crippen LogP contribution in [0.25, 0.3) is 0 Å². The van der Waals surface area contributed by atoms with E-state index in [4.69, 9.17) is 32.7 Å². The Labute approximate surface area is 112 Å². The molecule has 3 saturated carbocycles. The van der Waals surface area contributed by atoms with E-state index in [1.165, 1.54) is 19.3 Å². The average Bonchev–Trinajstić information content (AvgIpc) is 2.34. The van der Waals surface area contributed by atoms with Crippen molar-refractivity contribution in [2.24, 2.45) is 16.7 Å². The van der Waals surface area contributed by atoms with E-state index in [0.29, 0.717) is 17.5 Å². The molecule has 0 N–H and O–H groups in total. The molecular formula is C13H18Cl2O2. The maximum absolute atomic E-state index is 5.64. The second-order valence-electron chi connectivity index (χ2n) is 5.84. The van der Waals surface area contributed by atoms with E-state index < -0.39 is 0 Å². The van der Waals surface area contributed by atoms with Crippen molar-refractivity contribution in [2.45, 2.75) is 25.7 Å². The highest BCUT2D eigenvalue weighted by atomic mass is 35.5. The van der Waals surface area contributed by atoms with Crippen molar-refractivity contribution in [2.75, 3.05) is 25.3 Å². The van der Waals surface area contributed by atoms with Crippen LogP contribution in [0.15, 0.2) is 11.6 Å². The van der Waals surface area contributed by atoms with Gasteiger partial charge in [-0.1, -0.05) is 34.9 Å². The van der Waals surface area contributed by atoms with Crippen molar-refractivity contribution in [1.29, 1.82) is 0 Å². The van der Waals surface area contributed by atoms with Gasteiger partial charge in [-0.3, -0.25) is 0 Å². The quantitative estimate of drug-likeness (QED) is 0.546. The van der Waals surface area contributed by atoms with Crippen LogP contribution >= 0.6 is 23.2 Å². The Morgan fingerprint density at radius 1 is 1.18 bits per heavy atom. The SMILES string of the molecule is ClCOCC12CC=C3C(C1)CC3(COCCl)C2. The largest absolute Gasteiger partial charge is 0.365 e. The number of fused-ring (bicyclic) bond motifs is 1. The molecule has 4 heteroatoms. The van der Waals surface area contributed by atoms with Gasteiger partial charge in [0.2, 0.25) is 0 Å². The van der Waals surface area contributed by atoms with E-state index >= 15 is 0 Å². The summed E-state index contributed by atoms with van der Waals surface area (Å²) in [6.45, 7) is 1.57. The van der Waals surface area contributed by atoms with E-state index in [2.05, 4.69) is 6.08 Å². The van der Waals surface area contributed by atoms with Gasteiger partial charge in [0.1, 0.15) is 12.1 Å². The molecule has 0 radical (unpaired) electrons. The van der Waals surface area contributed by atoms with E-state index in [0.717, 1.165) is 25.6 Å². The minimum Gasteiger partial charge on any atom is -0.365 e. The van der Waals surface area contributed by atoms with Crippen LogP contribution in [0.5, 0.6) is 0 Å². The molecule has 3 fully saturated rings. The molecule has 3 atom stereocenters. The van der Waals surface area contributed by atoms with Crippen LogP contribution in [0.4, 0.5) is 0 Å². The van der Waals surface area contributed by atoms with Gasteiger partial charge >= 0.3 is 0 Å². The van der Waals surface area contributed by atoms with Crippen LogP contribution in [0.1, 0.15) is 25.7 Å². The Hall–Kier alpha value is 0.240. The third-order valence-electron chi connectivity index (χ3n) is 4.78. The van der Waals surface area contributed by atoms with Gasteiger partial charge < -0.3 is 9.47 Å². The van der Waals surface area contributed by atoms with Crippen LogP contribution in [0.3, 0.4) is 0 Å². The van der Waals surface area contributed by atoms with Crippen molar-refractivity contribution in [3.63, 3.8) is 0 Å². The van der Waals surface area contributed by atoms with Crippen LogP contribution in [0, 0.1) is 16.7 Å². The van der Waals surface area contributed by atoms with Gasteiger partial charge in [-0.15, -0.1) is 0 Å². The van der Waals surface area contributed by atoms with Crippen LogP contribution < -0.4 is 0 Å². The van der Waals surface area contributed by atoms with Gasteiger partial charge in [0.15, 0.2) is 0 Å². The van der Waals surface area contributed by atoms with Crippen LogP contribution in [-0.4, -0.2) is 25.3 Å². The van der Waals surface area contributed by atoms with E-state index in [-0.39, 0.29) is 5.41 Å². The Morgan fingerprint density at radius 2 is 1.94 bits per heavy atom. The highest BCUT2D eigenvalue weighted by Gasteiger charge is 2.61. The summed E-state index contributed by atoms with van der Waals surface area (Å²) in [4.78, 5) is 0. The second kappa shape index (κ2) is 4.41. The number of hydrogen-bond acceptors (Lipinski definition) is 2. The normalized spacial score (nSPS) is 42.2. The smallest absolute Gasteiger partial charge is 0.120 e. The standard InChI is InChI=1S/C13H18Cl2O2/c14-8-16-6-12-2-1-11-10(3-12)4-13(11,5-12)7-17-9-15/h1,10H,2-9H2. The Balaban J connectivity index is 1.74. The fraction of sp³-hybridized carbons (Fsp3) is 0.846. The Kier molecular flexibility index (Phi) is 3.19. The summed E-state index contributed by atoms with van der Waals surface area (Å²) in [5.74, 6) is 0.773. The predicted octanol–water partition coefficient (Wildman–Crippen LogP) is 3.53. The summed E-state index contributed by atoms with van der Waals surface area (Å²) in [5, 5.41) is 0. The van der Waals surface area contributed by atoms with Crippen molar-refractivity contribution >= 4 is 23.2 Å². The third-order valence-corrected chi connectivity index (χ3v) is 5.09. The molecule has 0 aliphatic heterocycles. The Morgan fingerprint density at radius 3 is 2.65 bits per heavy atom. The van der Waals surface area contributed by atoms with Crippen LogP contribution in [-0.2, 0) is 9.47 Å². The maximum atomic E-state index is 5.64. The molecule has 5 aliphatic rings. The number of ether oxygens (including phenoxy) is 2. The van der Waals surface area contributed by atoms with E-state index in [1.807, 2.05) is 0 Å². The molecule has 4 bridgehead atoms. The molecule has 0 aromatic rings. The number of halogens is 2. The highest BCUT2D eigenvalue weighted by Crippen LogP contribution is 2.69. The van der Waals surface area contributed by atoms with Crippen molar-refractivity contribution in [3.05, 3.63) is 11.6 Å². The zero-order valence-electron chi connectivity index (χ0n) is 9.88. The molecule has 0 amide bonds. The van der Waals surface area contributed by atoms with Crippen molar-refractivity contribution in [1.82, 2.24) is 0 Å². The molecule has 5 rings (SSSR count). The van der Waals surface area contributed by atoms with Gasteiger partial charge in [0.05, 0.1) is 13.2 Å². The fourth-order valence-electron chi connectivity index (χ4n) is 4.39. The molecule has 3 unspecified atom stereocenters. The minimum atomic E-state index is 0.283. The first-order valence-corrected chi connectivity index (χ1v) is 7.29. The van der Waals surface area contributed by atoms with Gasteiger partial charge in [-0.2, -0.15) is 0 Å². The molecule has 0 aromatic carbocycles. The monoisotopic (exact) mass is 276 g/mol. The lowest BCUT2D eigenvalue weighted by Gasteiger charge is -2.64. The zero-order valence-corrected chi connectivity index (χ0v) is 11.4. The molecule has 0 aromatic heterocycles. The molecule has 5 aliphatic carbocycles. The topological polar surface area (TPSA) is 18.5 Å². The lowest BCUT2D eigenvalue weighted by Crippen LogP contribution is -2.58. The van der Waals surface area contributed by atoms with E-state index in [9.17, 15) is 0 Å². The molecule has 96 valence electrons. The lowest BCUT2D eigenvalue weighted by molar-refractivity contribution is -0.104. The molecule has 2 nitrogen and oxygen atoms in total. The highest BCUT2D eigenvalue weighted by molar-refractivity contribution is 6.17. The summed E-state index contributed by atoms with van der Waals surface area (Å²) in [6.07, 6.45) is 7.32. The third kappa shape index (κ3) is 1.85. The first-order chi connectivity index (χ1) is 8.24. The van der Waals surface area contributed by atoms with Crippen molar-refractivity contribution < 1.29 is 9.47 Å². The van der Waals surface area contributed by atoms with Gasteiger partial charge in [-0.25, -0.2) is 0 Å². The van der Waals surface area contributed by atoms with E-state index in [1.54, 1.807) is 5.57 Å². The maximum Gasteiger partial charge on any atom is 0.120 e. The minimum absolute atomic E-state index is 0.283. The average molecular weight is 277 g/mol. The molecule has 17 heavy (non-hydrogen) atoms. The van der Waals surface area contributed by atoms with Gasteiger partial charge in [0, 0.05) is 5.41 Å². The fourth-order valence-corrected chi connectivity index (χ4v) is 4.54. The lowest BCUT2D eigenvalue weighted by atomic mass is 9.41. The number of hydrogen-bond donors (Lipinski definition) is 0. The number of rotatable bonds is 6. The summed E-state index contributed by atoms with van der Waals surface area (Å²) in [5.41, 5.74) is 2.23. The van der Waals surface area contributed by atoms with Gasteiger partial charge in [0.25, 0.3) is 0 Å². The Bertz CT molecular complexity index is 344. The summed E-state index contributed by atoms with van der Waals surface area (Å²) in [7, 11) is 0. The van der Waals surface area contributed by atoms with Crippen LogP contribution in [0.2, 0.25) is 0 Å².